The lowest BCUT2D eigenvalue weighted by Crippen LogP contribution is -1.98. The first-order valence-electron chi connectivity index (χ1n) is 5.67. The van der Waals surface area contributed by atoms with Crippen molar-refractivity contribution < 1.29 is 0 Å². The average Bonchev–Trinajstić information content (AvgIpc) is 2.70. The molecule has 86 valence electrons. The van der Waals surface area contributed by atoms with E-state index in [4.69, 9.17) is 5.73 Å². The van der Waals surface area contributed by atoms with Gasteiger partial charge in [0.25, 0.3) is 0 Å². The Kier molecular flexibility index (Phi) is 4.38. The smallest absolute Gasteiger partial charge is 0.0487 e. The van der Waals surface area contributed by atoms with Gasteiger partial charge in [-0.15, -0.1) is 11.3 Å². The quantitative estimate of drug-likeness (QED) is 0.817. The third-order valence-corrected chi connectivity index (χ3v) is 4.78. The molecule has 3 heteroatoms. The second-order valence-corrected chi connectivity index (χ2v) is 5.71. The van der Waals surface area contributed by atoms with Crippen LogP contribution in [-0.4, -0.2) is 6.54 Å². The highest BCUT2D eigenvalue weighted by molar-refractivity contribution is 9.10. The molecular weight excluding hydrogens is 282 g/mol. The maximum absolute atomic E-state index is 5.49. The molecule has 2 rings (SSSR count). The fourth-order valence-electron chi connectivity index (χ4n) is 1.91. The fourth-order valence-corrected chi connectivity index (χ4v) is 3.56. The third kappa shape index (κ3) is 2.65. The van der Waals surface area contributed by atoms with Crippen LogP contribution in [0.4, 0.5) is 0 Å². The van der Waals surface area contributed by atoms with Gasteiger partial charge in [0, 0.05) is 9.17 Å². The van der Waals surface area contributed by atoms with Gasteiger partial charge in [-0.25, -0.2) is 0 Å². The van der Waals surface area contributed by atoms with Gasteiger partial charge in [0.15, 0.2) is 0 Å². The molecule has 1 aromatic heterocycles. The van der Waals surface area contributed by atoms with E-state index in [1.807, 2.05) is 11.3 Å². The SMILES string of the molecule is NCCCCCc1csc2c(Br)cccc12. The number of nitrogens with two attached hydrogens (primary N) is 1. The van der Waals surface area contributed by atoms with Gasteiger partial charge >= 0.3 is 0 Å². The molecule has 1 nitrogen and oxygen atoms in total. The van der Waals surface area contributed by atoms with E-state index in [0.29, 0.717) is 0 Å². The first kappa shape index (κ1) is 12.1. The van der Waals surface area contributed by atoms with E-state index in [0.717, 1.165) is 13.0 Å². The van der Waals surface area contributed by atoms with E-state index in [-0.39, 0.29) is 0 Å². The van der Waals surface area contributed by atoms with Crippen LogP contribution in [0.3, 0.4) is 0 Å². The lowest BCUT2D eigenvalue weighted by molar-refractivity contribution is 0.689. The molecule has 0 saturated carbocycles. The van der Waals surface area contributed by atoms with Gasteiger partial charge in [0.1, 0.15) is 0 Å². The highest BCUT2D eigenvalue weighted by Gasteiger charge is 2.05. The van der Waals surface area contributed by atoms with E-state index in [1.54, 1.807) is 0 Å². The van der Waals surface area contributed by atoms with Crippen LogP contribution in [0.15, 0.2) is 28.1 Å². The predicted molar refractivity (Wildman–Crippen MR) is 76.1 cm³/mol. The lowest BCUT2D eigenvalue weighted by atomic mass is 10.1. The van der Waals surface area contributed by atoms with Crippen molar-refractivity contribution >= 4 is 37.4 Å². The summed E-state index contributed by atoms with van der Waals surface area (Å²) in [4.78, 5) is 0. The molecular formula is C13H16BrNS. The molecule has 0 amide bonds. The third-order valence-electron chi connectivity index (χ3n) is 2.78. The largest absolute Gasteiger partial charge is 0.330 e. The number of hydrogen-bond donors (Lipinski definition) is 1. The van der Waals surface area contributed by atoms with Gasteiger partial charge in [0.2, 0.25) is 0 Å². The van der Waals surface area contributed by atoms with E-state index in [1.165, 1.54) is 39.4 Å². The molecule has 1 aromatic carbocycles. The van der Waals surface area contributed by atoms with Crippen LogP contribution < -0.4 is 5.73 Å². The fraction of sp³-hybridized carbons (Fsp3) is 0.385. The summed E-state index contributed by atoms with van der Waals surface area (Å²) in [6.45, 7) is 0.815. The molecule has 0 saturated heterocycles. The second-order valence-electron chi connectivity index (χ2n) is 3.98. The van der Waals surface area contributed by atoms with Gasteiger partial charge in [0.05, 0.1) is 0 Å². The topological polar surface area (TPSA) is 26.0 Å². The van der Waals surface area contributed by atoms with Crippen LogP contribution in [0.1, 0.15) is 24.8 Å². The number of fused-ring (bicyclic) bond motifs is 1. The van der Waals surface area contributed by atoms with Gasteiger partial charge < -0.3 is 5.73 Å². The number of hydrogen-bond acceptors (Lipinski definition) is 2. The molecule has 0 spiro atoms. The van der Waals surface area contributed by atoms with Crippen molar-refractivity contribution in [3.8, 4) is 0 Å². The molecule has 0 bridgehead atoms. The van der Waals surface area contributed by atoms with Crippen LogP contribution >= 0.6 is 27.3 Å². The highest BCUT2D eigenvalue weighted by atomic mass is 79.9. The Labute approximate surface area is 109 Å². The molecule has 1 heterocycles. The minimum atomic E-state index is 0.815. The lowest BCUT2D eigenvalue weighted by Gasteiger charge is -2.00. The molecule has 0 radical (unpaired) electrons. The maximum atomic E-state index is 5.49. The Morgan fingerprint density at radius 2 is 2.06 bits per heavy atom. The van der Waals surface area contributed by atoms with Crippen molar-refractivity contribution in [2.24, 2.45) is 5.73 Å². The Balaban J connectivity index is 2.10. The second kappa shape index (κ2) is 5.80. The molecule has 0 aliphatic heterocycles. The number of aryl methyl sites for hydroxylation is 1. The molecule has 16 heavy (non-hydrogen) atoms. The predicted octanol–water partition coefficient (Wildman–Crippen LogP) is 4.34. The molecule has 2 N–H and O–H groups in total. The van der Waals surface area contributed by atoms with Crippen molar-refractivity contribution in [3.63, 3.8) is 0 Å². The first-order valence-corrected chi connectivity index (χ1v) is 7.35. The minimum Gasteiger partial charge on any atom is -0.330 e. The minimum absolute atomic E-state index is 0.815. The van der Waals surface area contributed by atoms with Crippen molar-refractivity contribution in [3.05, 3.63) is 33.6 Å². The summed E-state index contributed by atoms with van der Waals surface area (Å²) < 4.78 is 2.58. The monoisotopic (exact) mass is 297 g/mol. The van der Waals surface area contributed by atoms with Crippen molar-refractivity contribution in [2.45, 2.75) is 25.7 Å². The maximum Gasteiger partial charge on any atom is 0.0487 e. The summed E-state index contributed by atoms with van der Waals surface area (Å²) >= 11 is 5.43. The number of rotatable bonds is 5. The summed E-state index contributed by atoms with van der Waals surface area (Å²) in [5.41, 5.74) is 6.98. The van der Waals surface area contributed by atoms with E-state index in [2.05, 4.69) is 39.5 Å². The zero-order valence-corrected chi connectivity index (χ0v) is 11.6. The molecule has 2 aromatic rings. The van der Waals surface area contributed by atoms with Crippen LogP contribution in [0, 0.1) is 0 Å². The Hall–Kier alpha value is -0.380. The van der Waals surface area contributed by atoms with E-state index < -0.39 is 0 Å². The summed E-state index contributed by atoms with van der Waals surface area (Å²) in [5, 5.41) is 3.70. The molecule has 0 unspecified atom stereocenters. The summed E-state index contributed by atoms with van der Waals surface area (Å²) in [5.74, 6) is 0. The van der Waals surface area contributed by atoms with E-state index in [9.17, 15) is 0 Å². The van der Waals surface area contributed by atoms with Crippen molar-refractivity contribution in [1.29, 1.82) is 0 Å². The van der Waals surface area contributed by atoms with Crippen molar-refractivity contribution in [1.82, 2.24) is 0 Å². The highest BCUT2D eigenvalue weighted by Crippen LogP contribution is 2.32. The number of benzene rings is 1. The van der Waals surface area contributed by atoms with E-state index >= 15 is 0 Å². The van der Waals surface area contributed by atoms with Crippen LogP contribution in [0.25, 0.3) is 10.1 Å². The number of halogens is 1. The number of thiophene rings is 1. The van der Waals surface area contributed by atoms with Crippen LogP contribution in [0.2, 0.25) is 0 Å². The average molecular weight is 298 g/mol. The zero-order valence-electron chi connectivity index (χ0n) is 9.21. The molecule has 0 aliphatic carbocycles. The molecule has 0 fully saturated rings. The normalized spacial score (nSPS) is 11.1. The summed E-state index contributed by atoms with van der Waals surface area (Å²) in [6, 6.07) is 6.44. The summed E-state index contributed by atoms with van der Waals surface area (Å²) in [7, 11) is 0. The molecule has 0 atom stereocenters. The summed E-state index contributed by atoms with van der Waals surface area (Å²) in [6.07, 6.45) is 4.81. The van der Waals surface area contributed by atoms with Gasteiger partial charge in [-0.1, -0.05) is 18.6 Å². The standard InChI is InChI=1S/C13H16BrNS/c14-12-7-4-6-11-10(9-16-13(11)12)5-2-1-3-8-15/h4,6-7,9H,1-3,5,8,15H2. The Morgan fingerprint density at radius 3 is 2.88 bits per heavy atom. The van der Waals surface area contributed by atoms with Crippen LogP contribution in [-0.2, 0) is 6.42 Å². The van der Waals surface area contributed by atoms with Gasteiger partial charge in [-0.2, -0.15) is 0 Å². The van der Waals surface area contributed by atoms with Gasteiger partial charge in [-0.05, 0) is 64.1 Å². The van der Waals surface area contributed by atoms with Crippen molar-refractivity contribution in [2.75, 3.05) is 6.54 Å². The number of unbranched alkanes of at least 4 members (excludes halogenated alkanes) is 2. The Bertz CT molecular complexity index is 464. The first-order chi connectivity index (χ1) is 7.83. The Morgan fingerprint density at radius 1 is 1.19 bits per heavy atom. The van der Waals surface area contributed by atoms with Gasteiger partial charge in [-0.3, -0.25) is 0 Å². The molecule has 0 aliphatic rings. The zero-order chi connectivity index (χ0) is 11.4. The van der Waals surface area contributed by atoms with Crippen LogP contribution in [0.5, 0.6) is 0 Å².